The SMILES string of the molecule is CCC(O)CCOc1cccc(C(C)C)c1. The van der Waals surface area contributed by atoms with E-state index in [0.29, 0.717) is 18.9 Å². The van der Waals surface area contributed by atoms with Crippen LogP contribution in [-0.4, -0.2) is 17.8 Å². The maximum atomic E-state index is 9.40. The first-order valence-corrected chi connectivity index (χ1v) is 6.04. The summed E-state index contributed by atoms with van der Waals surface area (Å²) in [6, 6.07) is 8.16. The van der Waals surface area contributed by atoms with Crippen LogP contribution in [0.15, 0.2) is 24.3 Å². The monoisotopic (exact) mass is 222 g/mol. The van der Waals surface area contributed by atoms with Crippen LogP contribution < -0.4 is 4.74 Å². The van der Waals surface area contributed by atoms with Crippen molar-refractivity contribution < 1.29 is 9.84 Å². The molecule has 0 aliphatic carbocycles. The second kappa shape index (κ2) is 6.54. The highest BCUT2D eigenvalue weighted by Crippen LogP contribution is 2.20. The van der Waals surface area contributed by atoms with Gasteiger partial charge in [-0.25, -0.2) is 0 Å². The molecule has 0 saturated heterocycles. The van der Waals surface area contributed by atoms with Gasteiger partial charge in [0.25, 0.3) is 0 Å². The molecular weight excluding hydrogens is 200 g/mol. The predicted molar refractivity (Wildman–Crippen MR) is 66.9 cm³/mol. The Balaban J connectivity index is 2.45. The van der Waals surface area contributed by atoms with Crippen LogP contribution in [0, 0.1) is 0 Å². The molecule has 1 aromatic rings. The van der Waals surface area contributed by atoms with E-state index in [1.165, 1.54) is 5.56 Å². The standard InChI is InChI=1S/C14H22O2/c1-4-13(15)8-9-16-14-7-5-6-12(10-14)11(2)3/h5-7,10-11,13,15H,4,8-9H2,1-3H3. The molecule has 0 spiro atoms. The third kappa shape index (κ3) is 4.23. The van der Waals surface area contributed by atoms with Gasteiger partial charge in [-0.1, -0.05) is 32.9 Å². The summed E-state index contributed by atoms with van der Waals surface area (Å²) in [7, 11) is 0. The van der Waals surface area contributed by atoms with Crippen LogP contribution in [-0.2, 0) is 0 Å². The Labute approximate surface area is 98.3 Å². The molecule has 1 aromatic carbocycles. The zero-order valence-electron chi connectivity index (χ0n) is 10.4. The van der Waals surface area contributed by atoms with Gasteiger partial charge < -0.3 is 9.84 Å². The first kappa shape index (κ1) is 13.0. The average molecular weight is 222 g/mol. The van der Waals surface area contributed by atoms with Gasteiger partial charge in [-0.05, 0) is 30.0 Å². The molecule has 0 aromatic heterocycles. The Morgan fingerprint density at radius 2 is 2.06 bits per heavy atom. The van der Waals surface area contributed by atoms with Gasteiger partial charge in [-0.2, -0.15) is 0 Å². The summed E-state index contributed by atoms with van der Waals surface area (Å²) in [5.41, 5.74) is 1.29. The molecule has 1 N–H and O–H groups in total. The Kier molecular flexibility index (Phi) is 5.33. The molecule has 0 fully saturated rings. The third-order valence-electron chi connectivity index (χ3n) is 2.72. The van der Waals surface area contributed by atoms with Crippen LogP contribution in [0.4, 0.5) is 0 Å². The van der Waals surface area contributed by atoms with Crippen molar-refractivity contribution in [1.29, 1.82) is 0 Å². The average Bonchev–Trinajstić information content (AvgIpc) is 2.29. The Hall–Kier alpha value is -1.02. The van der Waals surface area contributed by atoms with Crippen molar-refractivity contribution in [3.63, 3.8) is 0 Å². The highest BCUT2D eigenvalue weighted by molar-refractivity contribution is 5.30. The van der Waals surface area contributed by atoms with Crippen molar-refractivity contribution in [2.45, 2.75) is 45.6 Å². The lowest BCUT2D eigenvalue weighted by molar-refractivity contribution is 0.135. The topological polar surface area (TPSA) is 29.5 Å². The van der Waals surface area contributed by atoms with Gasteiger partial charge in [0.15, 0.2) is 0 Å². The summed E-state index contributed by atoms with van der Waals surface area (Å²) < 4.78 is 5.61. The van der Waals surface area contributed by atoms with Gasteiger partial charge >= 0.3 is 0 Å². The number of ether oxygens (including phenoxy) is 1. The number of hydrogen-bond acceptors (Lipinski definition) is 2. The summed E-state index contributed by atoms with van der Waals surface area (Å²) in [5.74, 6) is 1.42. The van der Waals surface area contributed by atoms with Gasteiger partial charge in [-0.3, -0.25) is 0 Å². The van der Waals surface area contributed by atoms with Crippen LogP contribution in [0.2, 0.25) is 0 Å². The van der Waals surface area contributed by atoms with Gasteiger partial charge in [0.1, 0.15) is 5.75 Å². The molecule has 0 heterocycles. The number of hydrogen-bond donors (Lipinski definition) is 1. The lowest BCUT2D eigenvalue weighted by Crippen LogP contribution is -2.10. The zero-order valence-corrected chi connectivity index (χ0v) is 10.4. The smallest absolute Gasteiger partial charge is 0.119 e. The summed E-state index contributed by atoms with van der Waals surface area (Å²) in [5, 5.41) is 9.40. The Morgan fingerprint density at radius 3 is 2.69 bits per heavy atom. The van der Waals surface area contributed by atoms with Crippen molar-refractivity contribution in [3.8, 4) is 5.75 Å². The van der Waals surface area contributed by atoms with E-state index in [2.05, 4.69) is 26.0 Å². The molecular formula is C14H22O2. The Bertz CT molecular complexity index is 307. The van der Waals surface area contributed by atoms with Gasteiger partial charge in [0, 0.05) is 6.42 Å². The molecule has 2 nitrogen and oxygen atoms in total. The second-order valence-electron chi connectivity index (χ2n) is 4.43. The summed E-state index contributed by atoms with van der Waals surface area (Å²) in [6.07, 6.45) is 1.24. The minimum atomic E-state index is -0.242. The minimum absolute atomic E-state index is 0.242. The lowest BCUT2D eigenvalue weighted by atomic mass is 10.0. The molecule has 1 atom stereocenters. The van der Waals surface area contributed by atoms with Crippen molar-refractivity contribution in [1.82, 2.24) is 0 Å². The van der Waals surface area contributed by atoms with Crippen LogP contribution in [0.25, 0.3) is 0 Å². The minimum Gasteiger partial charge on any atom is -0.493 e. The van der Waals surface area contributed by atoms with E-state index in [4.69, 9.17) is 4.74 Å². The predicted octanol–water partition coefficient (Wildman–Crippen LogP) is 3.35. The lowest BCUT2D eigenvalue weighted by Gasteiger charge is -2.11. The molecule has 0 saturated carbocycles. The van der Waals surface area contributed by atoms with E-state index in [1.54, 1.807) is 0 Å². The second-order valence-corrected chi connectivity index (χ2v) is 4.43. The molecule has 0 bridgehead atoms. The molecule has 16 heavy (non-hydrogen) atoms. The largest absolute Gasteiger partial charge is 0.493 e. The number of aliphatic hydroxyl groups excluding tert-OH is 1. The van der Waals surface area contributed by atoms with Gasteiger partial charge in [-0.15, -0.1) is 0 Å². The van der Waals surface area contributed by atoms with E-state index < -0.39 is 0 Å². The Morgan fingerprint density at radius 1 is 1.31 bits per heavy atom. The number of benzene rings is 1. The third-order valence-corrected chi connectivity index (χ3v) is 2.72. The maximum Gasteiger partial charge on any atom is 0.119 e. The zero-order chi connectivity index (χ0) is 12.0. The summed E-state index contributed by atoms with van der Waals surface area (Å²) in [6.45, 7) is 6.89. The van der Waals surface area contributed by atoms with E-state index in [9.17, 15) is 5.11 Å². The first-order chi connectivity index (χ1) is 7.63. The molecule has 2 heteroatoms. The van der Waals surface area contributed by atoms with E-state index >= 15 is 0 Å². The molecule has 0 aliphatic rings. The number of rotatable bonds is 6. The normalized spacial score (nSPS) is 12.8. The highest BCUT2D eigenvalue weighted by atomic mass is 16.5. The van der Waals surface area contributed by atoms with Crippen LogP contribution in [0.3, 0.4) is 0 Å². The fourth-order valence-electron chi connectivity index (χ4n) is 1.48. The fourth-order valence-corrected chi connectivity index (χ4v) is 1.48. The molecule has 90 valence electrons. The van der Waals surface area contributed by atoms with Crippen molar-refractivity contribution in [2.24, 2.45) is 0 Å². The fraction of sp³-hybridized carbons (Fsp3) is 0.571. The maximum absolute atomic E-state index is 9.40. The molecule has 0 aliphatic heterocycles. The van der Waals surface area contributed by atoms with E-state index in [-0.39, 0.29) is 6.10 Å². The van der Waals surface area contributed by atoms with Gasteiger partial charge in [0.2, 0.25) is 0 Å². The van der Waals surface area contributed by atoms with Gasteiger partial charge in [0.05, 0.1) is 12.7 Å². The van der Waals surface area contributed by atoms with E-state index in [1.807, 2.05) is 19.1 Å². The van der Waals surface area contributed by atoms with Crippen molar-refractivity contribution in [3.05, 3.63) is 29.8 Å². The molecule has 1 rings (SSSR count). The van der Waals surface area contributed by atoms with Crippen LogP contribution in [0.1, 0.15) is 45.1 Å². The first-order valence-electron chi connectivity index (χ1n) is 6.04. The van der Waals surface area contributed by atoms with Crippen LogP contribution >= 0.6 is 0 Å². The van der Waals surface area contributed by atoms with Crippen LogP contribution in [0.5, 0.6) is 5.75 Å². The van der Waals surface area contributed by atoms with Crippen molar-refractivity contribution in [2.75, 3.05) is 6.61 Å². The highest BCUT2D eigenvalue weighted by Gasteiger charge is 2.03. The quantitative estimate of drug-likeness (QED) is 0.799. The van der Waals surface area contributed by atoms with E-state index in [0.717, 1.165) is 12.2 Å². The molecule has 1 unspecified atom stereocenters. The molecule has 0 radical (unpaired) electrons. The summed E-state index contributed by atoms with van der Waals surface area (Å²) in [4.78, 5) is 0. The number of aliphatic hydroxyl groups is 1. The molecule has 0 amide bonds. The van der Waals surface area contributed by atoms with Crippen molar-refractivity contribution >= 4 is 0 Å². The summed E-state index contributed by atoms with van der Waals surface area (Å²) >= 11 is 0.